The van der Waals surface area contributed by atoms with Crippen LogP contribution in [-0.4, -0.2) is 29.6 Å². The predicted molar refractivity (Wildman–Crippen MR) is 61.8 cm³/mol. The molecule has 2 rings (SSSR count). The van der Waals surface area contributed by atoms with E-state index in [1.807, 2.05) is 12.1 Å². The van der Waals surface area contributed by atoms with Gasteiger partial charge in [0.15, 0.2) is 0 Å². The molecule has 84 valence electrons. The van der Waals surface area contributed by atoms with Crippen LogP contribution in [0.15, 0.2) is 24.3 Å². The molecular formula is C13H16N2O. The molecule has 0 aliphatic carbocycles. The molecule has 1 aromatic rings. The van der Waals surface area contributed by atoms with Crippen molar-refractivity contribution in [1.82, 2.24) is 4.90 Å². The fourth-order valence-corrected chi connectivity index (χ4v) is 2.09. The molecule has 1 aliphatic rings. The molecule has 0 aromatic heterocycles. The SMILES string of the molecule is N#Cc1ccc(C(O)CN2CCCC2)cc1. The molecule has 0 saturated carbocycles. The number of likely N-dealkylation sites (tertiary alicyclic amines) is 1. The first kappa shape index (κ1) is 11.1. The van der Waals surface area contributed by atoms with Crippen LogP contribution in [0.5, 0.6) is 0 Å². The van der Waals surface area contributed by atoms with Crippen molar-refractivity contribution < 1.29 is 5.11 Å². The van der Waals surface area contributed by atoms with Gasteiger partial charge in [-0.3, -0.25) is 0 Å². The van der Waals surface area contributed by atoms with Crippen molar-refractivity contribution >= 4 is 0 Å². The molecule has 1 N–H and O–H groups in total. The highest BCUT2D eigenvalue weighted by atomic mass is 16.3. The molecule has 3 nitrogen and oxygen atoms in total. The first-order valence-electron chi connectivity index (χ1n) is 5.70. The molecular weight excluding hydrogens is 200 g/mol. The van der Waals surface area contributed by atoms with E-state index in [0.29, 0.717) is 12.1 Å². The van der Waals surface area contributed by atoms with Gasteiger partial charge in [-0.1, -0.05) is 12.1 Å². The average molecular weight is 216 g/mol. The summed E-state index contributed by atoms with van der Waals surface area (Å²) in [4.78, 5) is 2.28. The molecule has 3 heteroatoms. The van der Waals surface area contributed by atoms with E-state index in [0.717, 1.165) is 18.7 Å². The summed E-state index contributed by atoms with van der Waals surface area (Å²) in [5, 5.41) is 18.7. The summed E-state index contributed by atoms with van der Waals surface area (Å²) in [5.74, 6) is 0. The minimum atomic E-state index is -0.439. The van der Waals surface area contributed by atoms with Crippen LogP contribution >= 0.6 is 0 Å². The monoisotopic (exact) mass is 216 g/mol. The maximum absolute atomic E-state index is 10.0. The van der Waals surface area contributed by atoms with Gasteiger partial charge in [0, 0.05) is 6.54 Å². The van der Waals surface area contributed by atoms with Gasteiger partial charge in [-0.15, -0.1) is 0 Å². The first-order valence-corrected chi connectivity index (χ1v) is 5.70. The van der Waals surface area contributed by atoms with Crippen LogP contribution in [-0.2, 0) is 0 Å². The number of benzene rings is 1. The fourth-order valence-electron chi connectivity index (χ4n) is 2.09. The van der Waals surface area contributed by atoms with Gasteiger partial charge < -0.3 is 10.0 Å². The highest BCUT2D eigenvalue weighted by Gasteiger charge is 2.16. The van der Waals surface area contributed by atoms with Gasteiger partial charge >= 0.3 is 0 Å². The van der Waals surface area contributed by atoms with Crippen LogP contribution < -0.4 is 0 Å². The molecule has 1 unspecified atom stereocenters. The van der Waals surface area contributed by atoms with E-state index in [2.05, 4.69) is 11.0 Å². The topological polar surface area (TPSA) is 47.3 Å². The Bertz CT molecular complexity index is 374. The zero-order valence-electron chi connectivity index (χ0n) is 9.26. The number of aliphatic hydroxyl groups excluding tert-OH is 1. The molecule has 0 amide bonds. The lowest BCUT2D eigenvalue weighted by Crippen LogP contribution is -2.25. The Hall–Kier alpha value is -1.37. The summed E-state index contributed by atoms with van der Waals surface area (Å²) < 4.78 is 0. The third kappa shape index (κ3) is 2.60. The van der Waals surface area contributed by atoms with E-state index < -0.39 is 6.10 Å². The van der Waals surface area contributed by atoms with Gasteiger partial charge in [-0.2, -0.15) is 5.26 Å². The van der Waals surface area contributed by atoms with Crippen molar-refractivity contribution in [2.24, 2.45) is 0 Å². The zero-order chi connectivity index (χ0) is 11.4. The van der Waals surface area contributed by atoms with Crippen molar-refractivity contribution in [3.8, 4) is 6.07 Å². The quantitative estimate of drug-likeness (QED) is 0.836. The summed E-state index contributed by atoms with van der Waals surface area (Å²) in [6, 6.07) is 9.24. The Morgan fingerprint density at radius 1 is 1.25 bits per heavy atom. The third-order valence-electron chi connectivity index (χ3n) is 3.05. The first-order chi connectivity index (χ1) is 7.79. The Morgan fingerprint density at radius 2 is 1.88 bits per heavy atom. The molecule has 16 heavy (non-hydrogen) atoms. The number of nitrogens with zero attached hydrogens (tertiary/aromatic N) is 2. The Kier molecular flexibility index (Phi) is 3.55. The van der Waals surface area contributed by atoms with Crippen LogP contribution in [0.2, 0.25) is 0 Å². The van der Waals surface area contributed by atoms with Gasteiger partial charge in [-0.25, -0.2) is 0 Å². The van der Waals surface area contributed by atoms with Crippen LogP contribution in [0.1, 0.15) is 30.1 Å². The summed E-state index contributed by atoms with van der Waals surface area (Å²) in [6.07, 6.45) is 2.03. The predicted octanol–water partition coefficient (Wildman–Crippen LogP) is 1.69. The molecule has 1 saturated heterocycles. The Morgan fingerprint density at radius 3 is 2.44 bits per heavy atom. The maximum atomic E-state index is 10.0. The minimum absolute atomic E-state index is 0.439. The molecule has 0 spiro atoms. The Balaban J connectivity index is 1.97. The van der Waals surface area contributed by atoms with E-state index in [4.69, 9.17) is 5.26 Å². The van der Waals surface area contributed by atoms with Gasteiger partial charge in [0.05, 0.1) is 17.7 Å². The highest BCUT2D eigenvalue weighted by Crippen LogP contribution is 2.17. The van der Waals surface area contributed by atoms with Crippen molar-refractivity contribution in [2.45, 2.75) is 18.9 Å². The number of β-amino-alcohol motifs (C(OH)–C–C–N with tert-alkyl or cyclic N) is 1. The molecule has 1 aliphatic heterocycles. The largest absolute Gasteiger partial charge is 0.387 e. The molecule has 0 bridgehead atoms. The van der Waals surface area contributed by atoms with Gasteiger partial charge in [0.25, 0.3) is 0 Å². The smallest absolute Gasteiger partial charge is 0.0991 e. The normalized spacial score (nSPS) is 18.2. The molecule has 0 radical (unpaired) electrons. The summed E-state index contributed by atoms with van der Waals surface area (Å²) in [7, 11) is 0. The van der Waals surface area contributed by atoms with Crippen LogP contribution in [0.4, 0.5) is 0 Å². The van der Waals surface area contributed by atoms with Crippen molar-refractivity contribution in [3.63, 3.8) is 0 Å². The fraction of sp³-hybridized carbons (Fsp3) is 0.462. The maximum Gasteiger partial charge on any atom is 0.0991 e. The molecule has 1 heterocycles. The lowest BCUT2D eigenvalue weighted by molar-refractivity contribution is 0.126. The van der Waals surface area contributed by atoms with Gasteiger partial charge in [0.2, 0.25) is 0 Å². The second kappa shape index (κ2) is 5.11. The number of hydrogen-bond acceptors (Lipinski definition) is 3. The molecule has 1 atom stereocenters. The van der Waals surface area contributed by atoms with Crippen molar-refractivity contribution in [1.29, 1.82) is 5.26 Å². The van der Waals surface area contributed by atoms with E-state index in [1.54, 1.807) is 12.1 Å². The van der Waals surface area contributed by atoms with E-state index in [-0.39, 0.29) is 0 Å². The Labute approximate surface area is 95.9 Å². The van der Waals surface area contributed by atoms with Crippen molar-refractivity contribution in [2.75, 3.05) is 19.6 Å². The standard InChI is InChI=1S/C13H16N2O/c14-9-11-3-5-12(6-4-11)13(16)10-15-7-1-2-8-15/h3-6,13,16H,1-2,7-8,10H2. The second-order valence-corrected chi connectivity index (χ2v) is 4.26. The highest BCUT2D eigenvalue weighted by molar-refractivity contribution is 5.32. The minimum Gasteiger partial charge on any atom is -0.387 e. The average Bonchev–Trinajstić information content (AvgIpc) is 2.82. The lowest BCUT2D eigenvalue weighted by atomic mass is 10.1. The second-order valence-electron chi connectivity index (χ2n) is 4.26. The van der Waals surface area contributed by atoms with Crippen LogP contribution in [0, 0.1) is 11.3 Å². The number of rotatable bonds is 3. The van der Waals surface area contributed by atoms with E-state index in [1.165, 1.54) is 12.8 Å². The number of hydrogen-bond donors (Lipinski definition) is 1. The van der Waals surface area contributed by atoms with Crippen LogP contribution in [0.25, 0.3) is 0 Å². The molecule has 1 fully saturated rings. The number of nitriles is 1. The third-order valence-corrected chi connectivity index (χ3v) is 3.05. The summed E-state index contributed by atoms with van der Waals surface area (Å²) in [6.45, 7) is 2.88. The van der Waals surface area contributed by atoms with Gasteiger partial charge in [0.1, 0.15) is 0 Å². The van der Waals surface area contributed by atoms with Gasteiger partial charge in [-0.05, 0) is 43.6 Å². The number of aliphatic hydroxyl groups is 1. The summed E-state index contributed by atoms with van der Waals surface area (Å²) in [5.41, 5.74) is 1.53. The van der Waals surface area contributed by atoms with Crippen LogP contribution in [0.3, 0.4) is 0 Å². The van der Waals surface area contributed by atoms with E-state index >= 15 is 0 Å². The lowest BCUT2D eigenvalue weighted by Gasteiger charge is -2.19. The zero-order valence-corrected chi connectivity index (χ0v) is 9.26. The van der Waals surface area contributed by atoms with E-state index in [9.17, 15) is 5.11 Å². The molecule has 1 aromatic carbocycles. The summed E-state index contributed by atoms with van der Waals surface area (Å²) >= 11 is 0. The van der Waals surface area contributed by atoms with Crippen molar-refractivity contribution in [3.05, 3.63) is 35.4 Å².